The van der Waals surface area contributed by atoms with Crippen molar-refractivity contribution in [1.29, 1.82) is 0 Å². The molecular weight excluding hydrogens is 573 g/mol. The van der Waals surface area contributed by atoms with Crippen LogP contribution in [0.4, 0.5) is 5.69 Å². The fraction of sp³-hybridized carbons (Fsp3) is 0.310. The van der Waals surface area contributed by atoms with E-state index < -0.39 is 28.5 Å². The van der Waals surface area contributed by atoms with E-state index in [-0.39, 0.29) is 39.0 Å². The minimum absolute atomic E-state index is 0.00376. The van der Waals surface area contributed by atoms with Crippen LogP contribution in [-0.4, -0.2) is 51.4 Å². The second-order valence-corrected chi connectivity index (χ2v) is 12.3. The van der Waals surface area contributed by atoms with Gasteiger partial charge in [-0.3, -0.25) is 13.9 Å². The number of halogens is 2. The Bertz CT molecular complexity index is 1430. The van der Waals surface area contributed by atoms with E-state index in [0.29, 0.717) is 17.9 Å². The third kappa shape index (κ3) is 7.90. The first-order valence-electron chi connectivity index (χ1n) is 12.7. The molecule has 0 aliphatic carbocycles. The number of nitrogens with zero attached hydrogens (tertiary/aromatic N) is 2. The second-order valence-electron chi connectivity index (χ2n) is 9.61. The van der Waals surface area contributed by atoms with Gasteiger partial charge in [-0.05, 0) is 60.9 Å². The Balaban J connectivity index is 2.03. The Morgan fingerprint density at radius 3 is 2.25 bits per heavy atom. The van der Waals surface area contributed by atoms with Crippen molar-refractivity contribution in [3.63, 3.8) is 0 Å². The molecule has 1 N–H and O–H groups in total. The van der Waals surface area contributed by atoms with Crippen LogP contribution in [0.1, 0.15) is 26.3 Å². The zero-order valence-corrected chi connectivity index (χ0v) is 25.1. The number of carbonyl (C=O) groups is 2. The van der Waals surface area contributed by atoms with E-state index in [1.807, 2.05) is 13.8 Å². The van der Waals surface area contributed by atoms with Crippen molar-refractivity contribution in [1.82, 2.24) is 10.2 Å². The zero-order valence-electron chi connectivity index (χ0n) is 22.8. The molecule has 0 aliphatic rings. The molecule has 0 saturated carbocycles. The van der Waals surface area contributed by atoms with Gasteiger partial charge in [-0.25, -0.2) is 8.42 Å². The summed E-state index contributed by atoms with van der Waals surface area (Å²) in [5.74, 6) is -0.136. The molecule has 0 spiro atoms. The molecule has 0 radical (unpaired) electrons. The lowest BCUT2D eigenvalue weighted by Gasteiger charge is -2.32. The summed E-state index contributed by atoms with van der Waals surface area (Å²) in [5, 5.41) is 3.23. The molecule has 0 aromatic heterocycles. The van der Waals surface area contributed by atoms with Crippen molar-refractivity contribution in [3.8, 4) is 5.75 Å². The van der Waals surface area contributed by atoms with Crippen molar-refractivity contribution in [3.05, 3.63) is 88.4 Å². The molecule has 0 bridgehead atoms. The molecule has 3 rings (SSSR count). The van der Waals surface area contributed by atoms with Gasteiger partial charge in [0.25, 0.3) is 10.0 Å². The molecule has 3 aromatic carbocycles. The Labute approximate surface area is 245 Å². The molecule has 3 aromatic rings. The average Bonchev–Trinajstić information content (AvgIpc) is 2.94. The van der Waals surface area contributed by atoms with Gasteiger partial charge in [0, 0.05) is 13.1 Å². The summed E-state index contributed by atoms with van der Waals surface area (Å²) in [6.45, 7) is 5.44. The first kappa shape index (κ1) is 31.3. The van der Waals surface area contributed by atoms with Crippen LogP contribution >= 0.6 is 23.2 Å². The molecule has 2 amide bonds. The number of sulfonamides is 1. The summed E-state index contributed by atoms with van der Waals surface area (Å²) < 4.78 is 33.9. The highest BCUT2D eigenvalue weighted by molar-refractivity contribution is 7.92. The molecule has 0 heterocycles. The van der Waals surface area contributed by atoms with Crippen molar-refractivity contribution in [2.75, 3.05) is 24.5 Å². The van der Waals surface area contributed by atoms with E-state index in [1.54, 1.807) is 49.4 Å². The van der Waals surface area contributed by atoms with Gasteiger partial charge in [-0.15, -0.1) is 0 Å². The summed E-state index contributed by atoms with van der Waals surface area (Å²) in [5.41, 5.74) is 0.869. The molecule has 0 fully saturated rings. The lowest BCUT2D eigenvalue weighted by molar-refractivity contribution is -0.139. The predicted octanol–water partition coefficient (Wildman–Crippen LogP) is 5.39. The lowest BCUT2D eigenvalue weighted by atomic mass is 10.1. The fourth-order valence-electron chi connectivity index (χ4n) is 3.89. The van der Waals surface area contributed by atoms with Crippen LogP contribution in [0.2, 0.25) is 10.0 Å². The number of anilines is 1. The van der Waals surface area contributed by atoms with E-state index in [1.165, 1.54) is 42.3 Å². The van der Waals surface area contributed by atoms with Crippen molar-refractivity contribution in [2.24, 2.45) is 5.92 Å². The van der Waals surface area contributed by atoms with Crippen molar-refractivity contribution in [2.45, 2.75) is 38.3 Å². The Morgan fingerprint density at radius 1 is 0.925 bits per heavy atom. The first-order chi connectivity index (χ1) is 18.9. The second kappa shape index (κ2) is 13.9. The SMILES string of the molecule is COc1cccc(CN(C(=O)CN(c2ccc(Cl)c(Cl)c2)S(=O)(=O)c2ccccc2)[C@H](C)C(=O)NCC(C)C)c1. The summed E-state index contributed by atoms with van der Waals surface area (Å²) in [7, 11) is -2.66. The van der Waals surface area contributed by atoms with Gasteiger partial charge in [-0.2, -0.15) is 0 Å². The van der Waals surface area contributed by atoms with Crippen molar-refractivity contribution < 1.29 is 22.7 Å². The third-order valence-electron chi connectivity index (χ3n) is 6.14. The van der Waals surface area contributed by atoms with E-state index in [9.17, 15) is 18.0 Å². The van der Waals surface area contributed by atoms with Gasteiger partial charge in [-0.1, -0.05) is 67.4 Å². The summed E-state index contributed by atoms with van der Waals surface area (Å²) in [6, 6.07) is 18.3. The van der Waals surface area contributed by atoms with Gasteiger partial charge in [0.2, 0.25) is 11.8 Å². The van der Waals surface area contributed by atoms with E-state index in [2.05, 4.69) is 5.32 Å². The zero-order chi connectivity index (χ0) is 29.4. The molecule has 0 unspecified atom stereocenters. The van der Waals surface area contributed by atoms with Gasteiger partial charge in [0.15, 0.2) is 0 Å². The van der Waals surface area contributed by atoms with E-state index in [0.717, 1.165) is 4.31 Å². The quantitative estimate of drug-likeness (QED) is 0.299. The highest BCUT2D eigenvalue weighted by Gasteiger charge is 2.32. The monoisotopic (exact) mass is 605 g/mol. The number of ether oxygens (including phenoxy) is 1. The summed E-state index contributed by atoms with van der Waals surface area (Å²) >= 11 is 12.3. The normalized spacial score (nSPS) is 12.1. The molecule has 214 valence electrons. The molecule has 11 heteroatoms. The number of hydrogen-bond acceptors (Lipinski definition) is 5. The van der Waals surface area contributed by atoms with Crippen LogP contribution in [0.25, 0.3) is 0 Å². The topological polar surface area (TPSA) is 96.0 Å². The number of hydrogen-bond donors (Lipinski definition) is 1. The minimum Gasteiger partial charge on any atom is -0.497 e. The van der Waals surface area contributed by atoms with Crippen LogP contribution < -0.4 is 14.4 Å². The number of benzene rings is 3. The first-order valence-corrected chi connectivity index (χ1v) is 14.9. The lowest BCUT2D eigenvalue weighted by Crippen LogP contribution is -2.51. The van der Waals surface area contributed by atoms with Gasteiger partial charge < -0.3 is 15.0 Å². The van der Waals surface area contributed by atoms with Crippen LogP contribution in [0.15, 0.2) is 77.7 Å². The maximum Gasteiger partial charge on any atom is 0.264 e. The maximum atomic E-state index is 13.9. The van der Waals surface area contributed by atoms with Crippen LogP contribution in [0.3, 0.4) is 0 Å². The van der Waals surface area contributed by atoms with Crippen molar-refractivity contribution >= 4 is 50.7 Å². The molecule has 40 heavy (non-hydrogen) atoms. The number of nitrogens with one attached hydrogen (secondary N) is 1. The predicted molar refractivity (Wildman–Crippen MR) is 158 cm³/mol. The maximum absolute atomic E-state index is 13.9. The minimum atomic E-state index is -4.20. The van der Waals surface area contributed by atoms with Crippen LogP contribution in [0, 0.1) is 5.92 Å². The Kier molecular flexibility index (Phi) is 10.8. The Hall–Kier alpha value is -3.27. The van der Waals surface area contributed by atoms with Gasteiger partial charge >= 0.3 is 0 Å². The standard InChI is InChI=1S/C29H33Cl2N3O5S/c1-20(2)17-32-29(36)21(3)33(18-22-9-8-10-24(15-22)39-4)28(35)19-34(23-13-14-26(30)27(31)16-23)40(37,38)25-11-6-5-7-12-25/h5-16,20-21H,17-19H2,1-4H3,(H,32,36)/t21-/m1/s1. The largest absolute Gasteiger partial charge is 0.497 e. The van der Waals surface area contributed by atoms with E-state index >= 15 is 0 Å². The number of amides is 2. The number of rotatable bonds is 12. The number of methoxy groups -OCH3 is 1. The summed E-state index contributed by atoms with van der Waals surface area (Å²) in [4.78, 5) is 28.4. The molecule has 1 atom stereocenters. The van der Waals surface area contributed by atoms with Gasteiger partial charge in [0.05, 0.1) is 27.7 Å². The van der Waals surface area contributed by atoms with E-state index in [4.69, 9.17) is 27.9 Å². The molecule has 0 saturated heterocycles. The highest BCUT2D eigenvalue weighted by atomic mass is 35.5. The smallest absolute Gasteiger partial charge is 0.264 e. The average molecular weight is 607 g/mol. The van der Waals surface area contributed by atoms with Crippen LogP contribution in [0.5, 0.6) is 5.75 Å². The summed E-state index contributed by atoms with van der Waals surface area (Å²) in [6.07, 6.45) is 0. The van der Waals surface area contributed by atoms with Gasteiger partial charge in [0.1, 0.15) is 18.3 Å². The Morgan fingerprint density at radius 2 is 1.62 bits per heavy atom. The molecule has 0 aliphatic heterocycles. The fourth-order valence-corrected chi connectivity index (χ4v) is 5.61. The molecular formula is C29H33Cl2N3O5S. The number of carbonyl (C=O) groups excluding carboxylic acids is 2. The molecule has 8 nitrogen and oxygen atoms in total. The van der Waals surface area contributed by atoms with Crippen LogP contribution in [-0.2, 0) is 26.2 Å². The highest BCUT2D eigenvalue weighted by Crippen LogP contribution is 2.31. The third-order valence-corrected chi connectivity index (χ3v) is 8.67.